The first-order chi connectivity index (χ1) is 5.25. The maximum Gasteiger partial charge on any atom is 0.0793 e. The first kappa shape index (κ1) is 7.53. The van der Waals surface area contributed by atoms with Gasteiger partial charge in [0, 0.05) is 38.8 Å². The molecule has 3 heteroatoms. The minimum absolute atomic E-state index is 0.123. The quantitative estimate of drug-likeness (QED) is 0.506. The molecule has 2 bridgehead atoms. The minimum atomic E-state index is -0.123. The highest BCUT2D eigenvalue weighted by Crippen LogP contribution is 2.14. The Morgan fingerprint density at radius 2 is 2.00 bits per heavy atom. The van der Waals surface area contributed by atoms with Crippen molar-refractivity contribution in [3.05, 3.63) is 0 Å². The average molecular weight is 156 g/mol. The monoisotopic (exact) mass is 156 g/mol. The fourth-order valence-corrected chi connectivity index (χ4v) is 2.13. The Kier molecular flexibility index (Phi) is 1.87. The normalized spacial score (nSPS) is 50.7. The van der Waals surface area contributed by atoms with E-state index in [1.807, 2.05) is 0 Å². The van der Waals surface area contributed by atoms with Gasteiger partial charge in [0.15, 0.2) is 0 Å². The third-order valence-corrected chi connectivity index (χ3v) is 2.76. The van der Waals surface area contributed by atoms with Crippen LogP contribution >= 0.6 is 0 Å². The van der Waals surface area contributed by atoms with Crippen LogP contribution in [0, 0.1) is 0 Å². The summed E-state index contributed by atoms with van der Waals surface area (Å²) >= 11 is 0. The van der Waals surface area contributed by atoms with Gasteiger partial charge in [-0.2, -0.15) is 0 Å². The van der Waals surface area contributed by atoms with E-state index in [9.17, 15) is 5.11 Å². The fraction of sp³-hybridized carbons (Fsp3) is 1.00. The van der Waals surface area contributed by atoms with Crippen molar-refractivity contribution >= 4 is 0 Å². The molecule has 3 heterocycles. The van der Waals surface area contributed by atoms with Crippen LogP contribution in [0.1, 0.15) is 6.92 Å². The molecule has 3 rings (SSSR count). The molecular formula is C8H16N2O. The van der Waals surface area contributed by atoms with Crippen molar-refractivity contribution in [3.63, 3.8) is 0 Å². The topological polar surface area (TPSA) is 26.7 Å². The van der Waals surface area contributed by atoms with Crippen LogP contribution in [0.5, 0.6) is 0 Å². The summed E-state index contributed by atoms with van der Waals surface area (Å²) in [6.07, 6.45) is -0.123. The molecule has 0 aromatic heterocycles. The Balaban J connectivity index is 2.10. The van der Waals surface area contributed by atoms with Gasteiger partial charge in [0.2, 0.25) is 0 Å². The summed E-state index contributed by atoms with van der Waals surface area (Å²) in [5.74, 6) is 0. The Bertz CT molecular complexity index is 149. The molecule has 4 atom stereocenters. The van der Waals surface area contributed by atoms with Gasteiger partial charge in [0.05, 0.1) is 6.10 Å². The molecule has 0 aliphatic carbocycles. The molecule has 3 saturated heterocycles. The Hall–Kier alpha value is -0.120. The van der Waals surface area contributed by atoms with Gasteiger partial charge in [-0.25, -0.2) is 0 Å². The van der Waals surface area contributed by atoms with Gasteiger partial charge >= 0.3 is 0 Å². The molecule has 3 aliphatic rings. The second kappa shape index (κ2) is 2.73. The molecule has 64 valence electrons. The zero-order chi connectivity index (χ0) is 7.84. The Morgan fingerprint density at radius 3 is 2.73 bits per heavy atom. The SMILES string of the molecule is C[C@@H]1CN2CCN1C[C@@H](O)C2. The standard InChI is InChI=1S/C8H16N2O/c1-7-4-9-2-3-10(7)6-8(11)5-9/h7-8,11H,2-6H2,1H3/t7-,8+/m1/s1. The second-order valence-electron chi connectivity index (χ2n) is 3.76. The molecule has 2 unspecified atom stereocenters. The highest BCUT2D eigenvalue weighted by molar-refractivity contribution is 4.86. The van der Waals surface area contributed by atoms with E-state index in [0.29, 0.717) is 6.04 Å². The van der Waals surface area contributed by atoms with Crippen molar-refractivity contribution in [2.24, 2.45) is 0 Å². The van der Waals surface area contributed by atoms with E-state index < -0.39 is 0 Å². The molecule has 1 N–H and O–H groups in total. The number of hydrogen-bond donors (Lipinski definition) is 1. The van der Waals surface area contributed by atoms with Crippen LogP contribution < -0.4 is 0 Å². The van der Waals surface area contributed by atoms with E-state index in [4.69, 9.17) is 0 Å². The lowest BCUT2D eigenvalue weighted by molar-refractivity contribution is 0.118. The molecule has 0 amide bonds. The first-order valence-corrected chi connectivity index (χ1v) is 4.40. The van der Waals surface area contributed by atoms with Crippen molar-refractivity contribution < 1.29 is 5.11 Å². The Labute approximate surface area is 67.6 Å². The molecule has 3 fully saturated rings. The highest BCUT2D eigenvalue weighted by atomic mass is 16.3. The largest absolute Gasteiger partial charge is 0.390 e. The third-order valence-electron chi connectivity index (χ3n) is 2.76. The van der Waals surface area contributed by atoms with Crippen molar-refractivity contribution in [1.29, 1.82) is 0 Å². The van der Waals surface area contributed by atoms with Crippen LogP contribution in [-0.2, 0) is 0 Å². The molecule has 0 aromatic rings. The molecule has 3 nitrogen and oxygen atoms in total. The lowest BCUT2D eigenvalue weighted by Crippen LogP contribution is -2.48. The lowest BCUT2D eigenvalue weighted by Gasteiger charge is -2.34. The van der Waals surface area contributed by atoms with E-state index in [0.717, 1.165) is 32.7 Å². The predicted molar refractivity (Wildman–Crippen MR) is 43.5 cm³/mol. The number of piperazine rings is 1. The van der Waals surface area contributed by atoms with Gasteiger partial charge in [-0.15, -0.1) is 0 Å². The predicted octanol–water partition coefficient (Wildman–Crippen LogP) is -0.633. The zero-order valence-corrected chi connectivity index (χ0v) is 7.03. The van der Waals surface area contributed by atoms with Crippen molar-refractivity contribution in [2.75, 3.05) is 32.7 Å². The number of hydrogen-bond acceptors (Lipinski definition) is 3. The molecule has 11 heavy (non-hydrogen) atoms. The van der Waals surface area contributed by atoms with Gasteiger partial charge in [-0.1, -0.05) is 0 Å². The van der Waals surface area contributed by atoms with Crippen LogP contribution in [0.2, 0.25) is 0 Å². The molecule has 0 aromatic carbocycles. The summed E-state index contributed by atoms with van der Waals surface area (Å²) in [6, 6.07) is 0.640. The zero-order valence-electron chi connectivity index (χ0n) is 7.03. The summed E-state index contributed by atoms with van der Waals surface area (Å²) in [4.78, 5) is 4.74. The van der Waals surface area contributed by atoms with Gasteiger partial charge in [-0.05, 0) is 6.92 Å². The fourth-order valence-electron chi connectivity index (χ4n) is 2.13. The van der Waals surface area contributed by atoms with Crippen LogP contribution in [0.3, 0.4) is 0 Å². The van der Waals surface area contributed by atoms with Crippen molar-refractivity contribution in [3.8, 4) is 0 Å². The summed E-state index contributed by atoms with van der Waals surface area (Å²) in [7, 11) is 0. The molecule has 0 spiro atoms. The maximum absolute atomic E-state index is 9.50. The number of nitrogens with zero attached hydrogens (tertiary/aromatic N) is 2. The second-order valence-corrected chi connectivity index (χ2v) is 3.76. The van der Waals surface area contributed by atoms with Crippen molar-refractivity contribution in [1.82, 2.24) is 9.80 Å². The van der Waals surface area contributed by atoms with Crippen LogP contribution in [0.15, 0.2) is 0 Å². The molecule has 0 saturated carbocycles. The van der Waals surface area contributed by atoms with Crippen LogP contribution in [0.4, 0.5) is 0 Å². The van der Waals surface area contributed by atoms with Crippen molar-refractivity contribution in [2.45, 2.75) is 19.1 Å². The maximum atomic E-state index is 9.50. The van der Waals surface area contributed by atoms with E-state index >= 15 is 0 Å². The van der Waals surface area contributed by atoms with Gasteiger partial charge < -0.3 is 5.11 Å². The van der Waals surface area contributed by atoms with E-state index in [2.05, 4.69) is 16.7 Å². The summed E-state index contributed by atoms with van der Waals surface area (Å²) in [5, 5.41) is 9.50. The van der Waals surface area contributed by atoms with Gasteiger partial charge in [-0.3, -0.25) is 9.80 Å². The number of rotatable bonds is 0. The third kappa shape index (κ3) is 1.41. The highest BCUT2D eigenvalue weighted by Gasteiger charge is 2.30. The van der Waals surface area contributed by atoms with E-state index in [1.165, 1.54) is 0 Å². The summed E-state index contributed by atoms with van der Waals surface area (Å²) in [6.45, 7) is 7.40. The lowest BCUT2D eigenvalue weighted by atomic mass is 10.2. The van der Waals surface area contributed by atoms with Gasteiger partial charge in [0.25, 0.3) is 0 Å². The molecule has 0 radical (unpaired) electrons. The van der Waals surface area contributed by atoms with E-state index in [-0.39, 0.29) is 6.10 Å². The van der Waals surface area contributed by atoms with Crippen LogP contribution in [-0.4, -0.2) is 59.8 Å². The number of aliphatic hydroxyl groups is 1. The minimum Gasteiger partial charge on any atom is -0.390 e. The number of aliphatic hydroxyl groups excluding tert-OH is 1. The Morgan fingerprint density at radius 1 is 1.18 bits per heavy atom. The average Bonchev–Trinajstić information content (AvgIpc) is 2.16. The first-order valence-electron chi connectivity index (χ1n) is 4.40. The summed E-state index contributed by atoms with van der Waals surface area (Å²) < 4.78 is 0. The smallest absolute Gasteiger partial charge is 0.0793 e. The van der Waals surface area contributed by atoms with Gasteiger partial charge in [0.1, 0.15) is 0 Å². The summed E-state index contributed by atoms with van der Waals surface area (Å²) in [5.41, 5.74) is 0. The molecule has 3 aliphatic heterocycles. The van der Waals surface area contributed by atoms with Crippen LogP contribution in [0.25, 0.3) is 0 Å². The molecular weight excluding hydrogens is 140 g/mol. The number of fused-ring (bicyclic) bond motifs is 4. The van der Waals surface area contributed by atoms with E-state index in [1.54, 1.807) is 0 Å².